The van der Waals surface area contributed by atoms with Crippen molar-refractivity contribution in [3.8, 4) is 5.75 Å². The van der Waals surface area contributed by atoms with E-state index in [0.717, 1.165) is 21.4 Å². The second kappa shape index (κ2) is 8.71. The third-order valence-electron chi connectivity index (χ3n) is 3.91. The van der Waals surface area contributed by atoms with Crippen LogP contribution in [0, 0.1) is 13.8 Å². The molecule has 1 heterocycles. The number of hydrogen-bond donors (Lipinski definition) is 2. The van der Waals surface area contributed by atoms with Crippen molar-refractivity contribution in [1.29, 1.82) is 0 Å². The molecule has 1 aromatic heterocycles. The van der Waals surface area contributed by atoms with E-state index in [1.807, 2.05) is 50.2 Å². The Morgan fingerprint density at radius 3 is 2.82 bits per heavy atom. The number of nitrogens with one attached hydrogen (secondary N) is 1. The second-order valence-corrected chi connectivity index (χ2v) is 7.08. The van der Waals surface area contributed by atoms with Crippen LogP contribution in [0.2, 0.25) is 0 Å². The quantitative estimate of drug-likeness (QED) is 0.569. The maximum atomic E-state index is 12.2. The van der Waals surface area contributed by atoms with E-state index in [4.69, 9.17) is 10.5 Å². The van der Waals surface area contributed by atoms with Gasteiger partial charge in [0.2, 0.25) is 5.95 Å². The largest absolute Gasteiger partial charge is 0.483 e. The van der Waals surface area contributed by atoms with Gasteiger partial charge < -0.3 is 15.8 Å². The first-order valence-corrected chi connectivity index (χ1v) is 9.35. The van der Waals surface area contributed by atoms with Crippen molar-refractivity contribution in [2.24, 2.45) is 5.10 Å². The number of halogens is 1. The Bertz CT molecular complexity index is 1030. The van der Waals surface area contributed by atoms with Crippen LogP contribution in [-0.2, 0) is 4.79 Å². The first kappa shape index (κ1) is 19.6. The highest BCUT2D eigenvalue weighted by Gasteiger charge is 2.09. The molecule has 0 aliphatic heterocycles. The molecule has 8 heteroatoms. The minimum absolute atomic E-state index is 0.122. The molecular weight excluding hydrogens is 422 g/mol. The van der Waals surface area contributed by atoms with Crippen LogP contribution in [-0.4, -0.2) is 28.4 Å². The number of nitrogens with zero attached hydrogens (tertiary/aromatic N) is 3. The molecule has 0 unspecified atom stereocenters. The van der Waals surface area contributed by atoms with Crippen LogP contribution in [0.3, 0.4) is 0 Å². The van der Waals surface area contributed by atoms with Crippen molar-refractivity contribution in [2.75, 3.05) is 17.7 Å². The molecule has 144 valence electrons. The van der Waals surface area contributed by atoms with Gasteiger partial charge in [0.15, 0.2) is 6.61 Å². The zero-order chi connectivity index (χ0) is 20.1. The number of rotatable bonds is 6. The fraction of sp³-hybridized carbons (Fsp3) is 0.150. The molecule has 0 atom stereocenters. The van der Waals surface area contributed by atoms with E-state index < -0.39 is 0 Å². The molecule has 0 saturated heterocycles. The Labute approximate surface area is 171 Å². The van der Waals surface area contributed by atoms with Crippen LogP contribution < -0.4 is 15.8 Å². The van der Waals surface area contributed by atoms with Crippen LogP contribution >= 0.6 is 15.9 Å². The summed E-state index contributed by atoms with van der Waals surface area (Å²) in [5.74, 6) is 0.584. The minimum atomic E-state index is -0.241. The molecule has 0 bridgehead atoms. The van der Waals surface area contributed by atoms with E-state index in [0.29, 0.717) is 17.3 Å². The number of amides is 1. The van der Waals surface area contributed by atoms with E-state index in [9.17, 15) is 4.79 Å². The summed E-state index contributed by atoms with van der Waals surface area (Å²) in [4.78, 5) is 16.3. The van der Waals surface area contributed by atoms with Gasteiger partial charge in [-0.1, -0.05) is 34.1 Å². The van der Waals surface area contributed by atoms with Gasteiger partial charge in [-0.25, -0.2) is 9.66 Å². The zero-order valence-electron chi connectivity index (χ0n) is 15.5. The Morgan fingerprint density at radius 1 is 1.32 bits per heavy atom. The van der Waals surface area contributed by atoms with Gasteiger partial charge in [0.1, 0.15) is 5.75 Å². The molecule has 0 aliphatic rings. The van der Waals surface area contributed by atoms with Crippen molar-refractivity contribution in [3.05, 3.63) is 70.0 Å². The van der Waals surface area contributed by atoms with Crippen molar-refractivity contribution in [2.45, 2.75) is 13.8 Å². The fourth-order valence-electron chi connectivity index (χ4n) is 2.52. The lowest BCUT2D eigenvalue weighted by molar-refractivity contribution is -0.118. The molecule has 28 heavy (non-hydrogen) atoms. The van der Waals surface area contributed by atoms with Gasteiger partial charge in [-0.15, -0.1) is 0 Å². The lowest BCUT2D eigenvalue weighted by Gasteiger charge is -2.11. The third-order valence-corrected chi connectivity index (χ3v) is 4.40. The standard InChI is InChI=1S/C20H20BrN5O2/c1-13-5-3-4-6-17(13)25-19(27)12-28-18-8-7-16(21)9-15(18)10-23-26-11-14(2)24-20(26)22/h3-11H,12H2,1-2H3,(H2,22,24)(H,25,27). The van der Waals surface area contributed by atoms with E-state index in [1.165, 1.54) is 4.68 Å². The average molecular weight is 442 g/mol. The Balaban J connectivity index is 1.71. The lowest BCUT2D eigenvalue weighted by Crippen LogP contribution is -2.21. The summed E-state index contributed by atoms with van der Waals surface area (Å²) < 4.78 is 8.05. The maximum Gasteiger partial charge on any atom is 0.262 e. The normalized spacial score (nSPS) is 11.0. The highest BCUT2D eigenvalue weighted by Crippen LogP contribution is 2.22. The zero-order valence-corrected chi connectivity index (χ0v) is 17.1. The summed E-state index contributed by atoms with van der Waals surface area (Å²) in [6.45, 7) is 3.65. The van der Waals surface area contributed by atoms with E-state index in [1.54, 1.807) is 18.5 Å². The first-order valence-electron chi connectivity index (χ1n) is 8.56. The van der Waals surface area contributed by atoms with Gasteiger partial charge in [0, 0.05) is 15.7 Å². The molecule has 2 aromatic carbocycles. The number of aryl methyl sites for hydroxylation is 2. The van der Waals surface area contributed by atoms with Crippen LogP contribution in [0.15, 0.2) is 58.2 Å². The Morgan fingerprint density at radius 2 is 2.11 bits per heavy atom. The summed E-state index contributed by atoms with van der Waals surface area (Å²) in [5, 5.41) is 7.15. The van der Waals surface area contributed by atoms with Gasteiger partial charge >= 0.3 is 0 Å². The number of carbonyl (C=O) groups is 1. The molecule has 0 fully saturated rings. The van der Waals surface area contributed by atoms with Crippen LogP contribution in [0.4, 0.5) is 11.6 Å². The molecule has 0 spiro atoms. The van der Waals surface area contributed by atoms with Crippen molar-refractivity contribution in [1.82, 2.24) is 9.66 Å². The first-order chi connectivity index (χ1) is 13.4. The number of imidazole rings is 1. The molecule has 7 nitrogen and oxygen atoms in total. The molecule has 0 saturated carbocycles. The van der Waals surface area contributed by atoms with Gasteiger partial charge in [0.25, 0.3) is 5.91 Å². The molecular formula is C20H20BrN5O2. The van der Waals surface area contributed by atoms with Crippen LogP contribution in [0.1, 0.15) is 16.8 Å². The maximum absolute atomic E-state index is 12.2. The smallest absolute Gasteiger partial charge is 0.262 e. The van der Waals surface area contributed by atoms with Gasteiger partial charge in [-0.2, -0.15) is 5.10 Å². The predicted molar refractivity (Wildman–Crippen MR) is 114 cm³/mol. The van der Waals surface area contributed by atoms with Gasteiger partial charge in [-0.3, -0.25) is 4.79 Å². The fourth-order valence-corrected chi connectivity index (χ4v) is 2.89. The predicted octanol–water partition coefficient (Wildman–Crippen LogP) is 3.74. The third kappa shape index (κ3) is 4.98. The Kier molecular flexibility index (Phi) is 6.10. The van der Waals surface area contributed by atoms with Crippen LogP contribution in [0.25, 0.3) is 0 Å². The molecule has 3 N–H and O–H groups in total. The molecule has 0 radical (unpaired) electrons. The topological polar surface area (TPSA) is 94.5 Å². The summed E-state index contributed by atoms with van der Waals surface area (Å²) in [6.07, 6.45) is 3.33. The highest BCUT2D eigenvalue weighted by molar-refractivity contribution is 9.10. The van der Waals surface area contributed by atoms with E-state index >= 15 is 0 Å². The summed E-state index contributed by atoms with van der Waals surface area (Å²) >= 11 is 3.43. The summed E-state index contributed by atoms with van der Waals surface area (Å²) in [7, 11) is 0. The number of hydrogen-bond acceptors (Lipinski definition) is 5. The summed E-state index contributed by atoms with van der Waals surface area (Å²) in [5.41, 5.74) is 9.02. The van der Waals surface area contributed by atoms with Crippen molar-refractivity contribution >= 4 is 39.7 Å². The van der Waals surface area contributed by atoms with E-state index in [2.05, 4.69) is 31.3 Å². The number of para-hydroxylation sites is 1. The summed E-state index contributed by atoms with van der Waals surface area (Å²) in [6, 6.07) is 13.0. The SMILES string of the molecule is Cc1cn(N=Cc2cc(Br)ccc2OCC(=O)Nc2ccccc2C)c(N)n1. The minimum Gasteiger partial charge on any atom is -0.483 e. The Hall–Kier alpha value is -3.13. The number of nitrogens with two attached hydrogens (primary N) is 1. The van der Waals surface area contributed by atoms with E-state index in [-0.39, 0.29) is 12.5 Å². The highest BCUT2D eigenvalue weighted by atomic mass is 79.9. The van der Waals surface area contributed by atoms with Gasteiger partial charge in [0.05, 0.1) is 18.1 Å². The molecule has 1 amide bonds. The number of nitrogen functional groups attached to an aromatic ring is 1. The number of aromatic nitrogens is 2. The number of carbonyl (C=O) groups excluding carboxylic acids is 1. The van der Waals surface area contributed by atoms with Gasteiger partial charge in [-0.05, 0) is 43.7 Å². The molecule has 0 aliphatic carbocycles. The van der Waals surface area contributed by atoms with Crippen molar-refractivity contribution in [3.63, 3.8) is 0 Å². The number of anilines is 2. The average Bonchev–Trinajstić information content (AvgIpc) is 2.98. The number of ether oxygens (including phenoxy) is 1. The molecule has 3 rings (SSSR count). The second-order valence-electron chi connectivity index (χ2n) is 6.16. The van der Waals surface area contributed by atoms with Crippen molar-refractivity contribution < 1.29 is 9.53 Å². The number of benzene rings is 2. The monoisotopic (exact) mass is 441 g/mol. The lowest BCUT2D eigenvalue weighted by atomic mass is 10.2. The molecule has 3 aromatic rings. The van der Waals surface area contributed by atoms with Crippen LogP contribution in [0.5, 0.6) is 5.75 Å².